The summed E-state index contributed by atoms with van der Waals surface area (Å²) in [6.45, 7) is 1.70. The van der Waals surface area contributed by atoms with Crippen molar-refractivity contribution in [2.24, 2.45) is 0 Å². The lowest BCUT2D eigenvalue weighted by atomic mass is 10.00. The van der Waals surface area contributed by atoms with Crippen LogP contribution in [0.4, 0.5) is 4.39 Å². The summed E-state index contributed by atoms with van der Waals surface area (Å²) in [4.78, 5) is 3.01. The Kier molecular flexibility index (Phi) is 2.62. The molecule has 0 amide bonds. The van der Waals surface area contributed by atoms with Gasteiger partial charge in [0, 0.05) is 23.7 Å². The third-order valence-corrected chi connectivity index (χ3v) is 3.28. The molecule has 2 heterocycles. The van der Waals surface area contributed by atoms with E-state index in [2.05, 4.69) is 22.4 Å². The van der Waals surface area contributed by atoms with Crippen molar-refractivity contribution >= 4 is 16.5 Å². The lowest BCUT2D eigenvalue weighted by Crippen LogP contribution is -2.21. The fourth-order valence-corrected chi connectivity index (χ4v) is 2.40. The number of H-pyrrole nitrogens is 1. The standard InChI is InChI=1S/C14H12FN3/c15-12-4-3-9(6-16)14-13(12)11(8-18-14)10-2-1-5-17-7-10/h2-4,8,17-18H,1,5,7H2. The third kappa shape index (κ3) is 1.60. The fourth-order valence-electron chi connectivity index (χ4n) is 2.40. The molecular weight excluding hydrogens is 229 g/mol. The van der Waals surface area contributed by atoms with Crippen LogP contribution >= 0.6 is 0 Å². The summed E-state index contributed by atoms with van der Waals surface area (Å²) < 4.78 is 14.0. The average molecular weight is 241 g/mol. The molecule has 1 aromatic carbocycles. The minimum absolute atomic E-state index is 0.285. The maximum atomic E-state index is 14.0. The number of aromatic nitrogens is 1. The molecule has 1 aliphatic heterocycles. The number of fused-ring (bicyclic) bond motifs is 1. The first-order valence-corrected chi connectivity index (χ1v) is 5.91. The van der Waals surface area contributed by atoms with Gasteiger partial charge in [-0.25, -0.2) is 4.39 Å². The second kappa shape index (κ2) is 4.28. The van der Waals surface area contributed by atoms with Gasteiger partial charge in [-0.2, -0.15) is 5.26 Å². The van der Waals surface area contributed by atoms with E-state index < -0.39 is 0 Å². The van der Waals surface area contributed by atoms with E-state index in [1.165, 1.54) is 12.1 Å². The molecule has 4 heteroatoms. The second-order valence-corrected chi connectivity index (χ2v) is 4.35. The quantitative estimate of drug-likeness (QED) is 0.806. The van der Waals surface area contributed by atoms with E-state index in [-0.39, 0.29) is 5.82 Å². The third-order valence-electron chi connectivity index (χ3n) is 3.28. The van der Waals surface area contributed by atoms with Crippen molar-refractivity contribution in [1.82, 2.24) is 10.3 Å². The van der Waals surface area contributed by atoms with Crippen molar-refractivity contribution < 1.29 is 4.39 Å². The summed E-state index contributed by atoms with van der Waals surface area (Å²) in [7, 11) is 0. The normalized spacial score (nSPS) is 15.4. The Morgan fingerprint density at radius 1 is 1.33 bits per heavy atom. The number of hydrogen-bond acceptors (Lipinski definition) is 2. The molecule has 0 aliphatic carbocycles. The largest absolute Gasteiger partial charge is 0.359 e. The summed E-state index contributed by atoms with van der Waals surface area (Å²) in [6.07, 6.45) is 4.85. The molecule has 1 aromatic heterocycles. The number of aromatic amines is 1. The number of nitrogens with one attached hydrogen (secondary N) is 2. The lowest BCUT2D eigenvalue weighted by molar-refractivity contribution is 0.639. The van der Waals surface area contributed by atoms with Gasteiger partial charge in [-0.3, -0.25) is 0 Å². The van der Waals surface area contributed by atoms with Crippen LogP contribution in [0.5, 0.6) is 0 Å². The first kappa shape index (κ1) is 11.0. The van der Waals surface area contributed by atoms with Crippen LogP contribution in [0.3, 0.4) is 0 Å². The maximum Gasteiger partial charge on any atom is 0.133 e. The number of rotatable bonds is 1. The Morgan fingerprint density at radius 3 is 2.94 bits per heavy atom. The van der Waals surface area contributed by atoms with Crippen LogP contribution in [0.1, 0.15) is 17.5 Å². The van der Waals surface area contributed by atoms with Crippen molar-refractivity contribution in [2.75, 3.05) is 13.1 Å². The van der Waals surface area contributed by atoms with Gasteiger partial charge in [0.15, 0.2) is 0 Å². The summed E-state index contributed by atoms with van der Waals surface area (Å²) in [5, 5.41) is 12.8. The average Bonchev–Trinajstić information content (AvgIpc) is 2.86. The minimum atomic E-state index is -0.285. The van der Waals surface area contributed by atoms with Gasteiger partial charge in [-0.05, 0) is 30.7 Å². The molecule has 0 spiro atoms. The van der Waals surface area contributed by atoms with Crippen LogP contribution in [0, 0.1) is 17.1 Å². The molecule has 0 fully saturated rings. The topological polar surface area (TPSA) is 51.6 Å². The molecule has 0 saturated carbocycles. The summed E-state index contributed by atoms with van der Waals surface area (Å²) in [5.41, 5.74) is 2.99. The van der Waals surface area contributed by atoms with Gasteiger partial charge in [0.2, 0.25) is 0 Å². The molecular formula is C14H12FN3. The highest BCUT2D eigenvalue weighted by Crippen LogP contribution is 2.30. The van der Waals surface area contributed by atoms with Crippen LogP contribution < -0.4 is 5.32 Å². The van der Waals surface area contributed by atoms with Crippen LogP contribution in [0.2, 0.25) is 0 Å². The molecule has 0 saturated heterocycles. The van der Waals surface area contributed by atoms with Crippen LogP contribution in [0.15, 0.2) is 24.4 Å². The highest BCUT2D eigenvalue weighted by molar-refractivity contribution is 5.96. The van der Waals surface area contributed by atoms with Crippen LogP contribution in [-0.2, 0) is 0 Å². The van der Waals surface area contributed by atoms with Gasteiger partial charge in [0.1, 0.15) is 11.9 Å². The van der Waals surface area contributed by atoms with Gasteiger partial charge in [0.25, 0.3) is 0 Å². The highest BCUT2D eigenvalue weighted by atomic mass is 19.1. The Balaban J connectivity index is 2.26. The molecule has 0 atom stereocenters. The molecule has 0 radical (unpaired) electrons. The Bertz CT molecular complexity index is 676. The van der Waals surface area contributed by atoms with Crippen LogP contribution in [0.25, 0.3) is 16.5 Å². The molecule has 2 N–H and O–H groups in total. The monoisotopic (exact) mass is 241 g/mol. The van der Waals surface area contributed by atoms with Gasteiger partial charge < -0.3 is 10.3 Å². The van der Waals surface area contributed by atoms with E-state index in [1.807, 2.05) is 0 Å². The first-order chi connectivity index (χ1) is 8.81. The summed E-state index contributed by atoms with van der Waals surface area (Å²) in [5.74, 6) is -0.285. The molecule has 3 rings (SSSR count). The van der Waals surface area contributed by atoms with E-state index in [0.717, 1.165) is 30.6 Å². The highest BCUT2D eigenvalue weighted by Gasteiger charge is 2.16. The molecule has 3 nitrogen and oxygen atoms in total. The number of benzene rings is 1. The van der Waals surface area contributed by atoms with Gasteiger partial charge in [-0.1, -0.05) is 6.08 Å². The smallest absolute Gasteiger partial charge is 0.133 e. The van der Waals surface area contributed by atoms with Gasteiger partial charge >= 0.3 is 0 Å². The van der Waals surface area contributed by atoms with Gasteiger partial charge in [-0.15, -0.1) is 0 Å². The van der Waals surface area contributed by atoms with Crippen molar-refractivity contribution in [3.8, 4) is 6.07 Å². The second-order valence-electron chi connectivity index (χ2n) is 4.35. The lowest BCUT2D eigenvalue weighted by Gasteiger charge is -2.13. The van der Waals surface area contributed by atoms with E-state index in [0.29, 0.717) is 16.5 Å². The van der Waals surface area contributed by atoms with Crippen molar-refractivity contribution in [3.05, 3.63) is 41.3 Å². The van der Waals surface area contributed by atoms with E-state index in [4.69, 9.17) is 5.26 Å². The van der Waals surface area contributed by atoms with E-state index >= 15 is 0 Å². The Morgan fingerprint density at radius 2 is 2.22 bits per heavy atom. The molecule has 90 valence electrons. The van der Waals surface area contributed by atoms with Crippen LogP contribution in [-0.4, -0.2) is 18.1 Å². The SMILES string of the molecule is N#Cc1ccc(F)c2c(C3=CCCNC3)c[nH]c12. The van der Waals surface area contributed by atoms with Gasteiger partial charge in [0.05, 0.1) is 11.1 Å². The van der Waals surface area contributed by atoms with E-state index in [9.17, 15) is 4.39 Å². The molecule has 0 bridgehead atoms. The van der Waals surface area contributed by atoms with Crippen molar-refractivity contribution in [1.29, 1.82) is 5.26 Å². The summed E-state index contributed by atoms with van der Waals surface area (Å²) in [6, 6.07) is 4.94. The van der Waals surface area contributed by atoms with Crippen molar-refractivity contribution in [2.45, 2.75) is 6.42 Å². The molecule has 18 heavy (non-hydrogen) atoms. The Labute approximate surface area is 104 Å². The molecule has 0 unspecified atom stereocenters. The number of nitriles is 1. The first-order valence-electron chi connectivity index (χ1n) is 5.91. The summed E-state index contributed by atoms with van der Waals surface area (Å²) >= 11 is 0. The minimum Gasteiger partial charge on any atom is -0.359 e. The molecule has 2 aromatic rings. The van der Waals surface area contributed by atoms with E-state index in [1.54, 1.807) is 6.20 Å². The number of halogens is 1. The number of nitrogens with zero attached hydrogens (tertiary/aromatic N) is 1. The fraction of sp³-hybridized carbons (Fsp3) is 0.214. The Hall–Kier alpha value is -2.12. The molecule has 1 aliphatic rings. The predicted molar refractivity (Wildman–Crippen MR) is 68.4 cm³/mol. The predicted octanol–water partition coefficient (Wildman–Crippen LogP) is 2.56. The maximum absolute atomic E-state index is 14.0. The zero-order valence-electron chi connectivity index (χ0n) is 9.76. The van der Waals surface area contributed by atoms with Crippen molar-refractivity contribution in [3.63, 3.8) is 0 Å². The zero-order chi connectivity index (χ0) is 12.5. The number of hydrogen-bond donors (Lipinski definition) is 2. The zero-order valence-corrected chi connectivity index (χ0v) is 9.76.